The fraction of sp³-hybridized carbons (Fsp3) is 0.440. The minimum atomic E-state index is -1.27. The third-order valence-corrected chi connectivity index (χ3v) is 5.63. The predicted molar refractivity (Wildman–Crippen MR) is 124 cm³/mol. The van der Waals surface area contributed by atoms with Crippen molar-refractivity contribution in [3.8, 4) is 5.75 Å². The van der Waals surface area contributed by atoms with E-state index in [2.05, 4.69) is 49.6 Å². The number of aromatic amines is 1. The fourth-order valence-corrected chi connectivity index (χ4v) is 3.53. The van der Waals surface area contributed by atoms with E-state index in [0.29, 0.717) is 11.7 Å². The van der Waals surface area contributed by atoms with E-state index in [9.17, 15) is 9.90 Å². The van der Waals surface area contributed by atoms with E-state index in [4.69, 9.17) is 4.74 Å². The highest BCUT2D eigenvalue weighted by atomic mass is 16.5. The lowest BCUT2D eigenvalue weighted by atomic mass is 9.93. The molecule has 0 atom stereocenters. The average molecular weight is 411 g/mol. The zero-order valence-electron chi connectivity index (χ0n) is 19.2. The number of rotatable bonds is 9. The van der Waals surface area contributed by atoms with Gasteiger partial charge in [-0.2, -0.15) is 0 Å². The zero-order chi connectivity index (χ0) is 22.6. The lowest BCUT2D eigenvalue weighted by Gasteiger charge is -2.25. The number of H-pyrrole nitrogens is 1. The van der Waals surface area contributed by atoms with Crippen molar-refractivity contribution in [2.75, 3.05) is 0 Å². The van der Waals surface area contributed by atoms with Gasteiger partial charge in [0.15, 0.2) is 5.60 Å². The molecule has 2 rings (SSSR count). The number of aryl methyl sites for hydroxylation is 1. The van der Waals surface area contributed by atoms with Crippen LogP contribution < -0.4 is 4.74 Å². The molecule has 0 saturated carbocycles. The first-order chi connectivity index (χ1) is 14.0. The molecule has 0 radical (unpaired) electrons. The molecule has 0 aliphatic carbocycles. The van der Waals surface area contributed by atoms with Crippen LogP contribution in [0.5, 0.6) is 5.75 Å². The second-order valence-electron chi connectivity index (χ2n) is 8.60. The summed E-state index contributed by atoms with van der Waals surface area (Å²) in [4.78, 5) is 18.9. The maximum absolute atomic E-state index is 11.4. The summed E-state index contributed by atoms with van der Waals surface area (Å²) in [6, 6.07) is 1.95. The molecule has 0 aliphatic heterocycles. The number of aliphatic carboxylic acids is 1. The van der Waals surface area contributed by atoms with Gasteiger partial charge in [-0.05, 0) is 100 Å². The van der Waals surface area contributed by atoms with Crippen molar-refractivity contribution in [2.24, 2.45) is 4.99 Å². The van der Waals surface area contributed by atoms with Crippen LogP contribution in [0.2, 0.25) is 0 Å². The monoisotopic (exact) mass is 410 g/mol. The molecule has 1 aromatic heterocycles. The summed E-state index contributed by atoms with van der Waals surface area (Å²) in [5, 5.41) is 9.35. The molecule has 0 aliphatic rings. The van der Waals surface area contributed by atoms with Crippen molar-refractivity contribution in [3.63, 3.8) is 0 Å². The van der Waals surface area contributed by atoms with Gasteiger partial charge >= 0.3 is 5.97 Å². The summed E-state index contributed by atoms with van der Waals surface area (Å²) in [6.07, 6.45) is 8.00. The highest BCUT2D eigenvalue weighted by Gasteiger charge is 2.30. The number of ether oxygens (including phenoxy) is 1. The number of carboxylic acid groups (broad SMARTS) is 1. The molecule has 162 valence electrons. The van der Waals surface area contributed by atoms with Crippen LogP contribution in [-0.2, 0) is 11.2 Å². The Bertz CT molecular complexity index is 965. The van der Waals surface area contributed by atoms with Gasteiger partial charge in [-0.25, -0.2) is 4.79 Å². The molecule has 1 heterocycles. The molecule has 1 aromatic carbocycles. The van der Waals surface area contributed by atoms with Crippen LogP contribution in [0.15, 0.2) is 23.3 Å². The first-order valence-corrected chi connectivity index (χ1v) is 10.4. The Balaban J connectivity index is 2.17. The van der Waals surface area contributed by atoms with E-state index >= 15 is 0 Å². The van der Waals surface area contributed by atoms with Crippen LogP contribution in [0, 0.1) is 20.8 Å². The lowest BCUT2D eigenvalue weighted by molar-refractivity contribution is -0.152. The first kappa shape index (κ1) is 23.5. The van der Waals surface area contributed by atoms with Crippen molar-refractivity contribution in [2.45, 2.75) is 72.8 Å². The smallest absolute Gasteiger partial charge is 0.347 e. The van der Waals surface area contributed by atoms with E-state index in [0.717, 1.165) is 40.9 Å². The van der Waals surface area contributed by atoms with Gasteiger partial charge in [0.25, 0.3) is 0 Å². The molecular weight excluding hydrogens is 376 g/mol. The van der Waals surface area contributed by atoms with E-state index in [1.807, 2.05) is 26.1 Å². The molecule has 2 N–H and O–H groups in total. The second kappa shape index (κ2) is 9.33. The summed E-state index contributed by atoms with van der Waals surface area (Å²) >= 11 is 0. The summed E-state index contributed by atoms with van der Waals surface area (Å²) in [5.74, 6) is 0.0414. The molecular formula is C25H34N2O3. The molecule has 0 fully saturated rings. The van der Waals surface area contributed by atoms with Crippen molar-refractivity contribution in [1.82, 2.24) is 4.98 Å². The maximum atomic E-state index is 11.4. The molecule has 0 unspecified atom stereocenters. The highest BCUT2D eigenvalue weighted by Crippen LogP contribution is 2.32. The number of hydrogen-bond donors (Lipinski definition) is 2. The Hall–Kier alpha value is -2.82. The normalized spacial score (nSPS) is 12.0. The number of aromatic nitrogens is 1. The van der Waals surface area contributed by atoms with Crippen molar-refractivity contribution < 1.29 is 14.6 Å². The number of aliphatic imine (C=N–C) groups is 1. The van der Waals surface area contributed by atoms with Crippen molar-refractivity contribution >= 4 is 24.5 Å². The Morgan fingerprint density at radius 2 is 1.97 bits per heavy atom. The average Bonchev–Trinajstić information content (AvgIpc) is 3.08. The minimum Gasteiger partial charge on any atom is -0.478 e. The van der Waals surface area contributed by atoms with Gasteiger partial charge in [0.2, 0.25) is 0 Å². The van der Waals surface area contributed by atoms with Gasteiger partial charge in [0.1, 0.15) is 5.75 Å². The Morgan fingerprint density at radius 1 is 1.30 bits per heavy atom. The third kappa shape index (κ3) is 5.02. The van der Waals surface area contributed by atoms with Crippen LogP contribution in [0.1, 0.15) is 73.5 Å². The third-order valence-electron chi connectivity index (χ3n) is 5.63. The topological polar surface area (TPSA) is 74.7 Å². The SMILES string of the molecule is C=Nc1c(C(C)C)c[nH]c1/C=C\CCc1c(C)cc(OC(C)(C)C(=O)O)c(C)c1C. The number of carboxylic acids is 1. The minimum absolute atomic E-state index is 0.393. The summed E-state index contributed by atoms with van der Waals surface area (Å²) in [5.41, 5.74) is 6.33. The van der Waals surface area contributed by atoms with Gasteiger partial charge in [0.05, 0.1) is 11.4 Å². The number of allylic oxidation sites excluding steroid dienone is 1. The number of benzene rings is 1. The lowest BCUT2D eigenvalue weighted by Crippen LogP contribution is -2.38. The molecule has 0 bridgehead atoms. The largest absolute Gasteiger partial charge is 0.478 e. The quantitative estimate of drug-likeness (QED) is 0.477. The summed E-state index contributed by atoms with van der Waals surface area (Å²) in [6.45, 7) is 17.2. The van der Waals surface area contributed by atoms with Gasteiger partial charge in [-0.3, -0.25) is 4.99 Å². The molecule has 2 aromatic rings. The van der Waals surface area contributed by atoms with Gasteiger partial charge in [-0.1, -0.05) is 19.9 Å². The van der Waals surface area contributed by atoms with E-state index in [1.54, 1.807) is 13.8 Å². The number of hydrogen-bond acceptors (Lipinski definition) is 3. The highest BCUT2D eigenvalue weighted by molar-refractivity contribution is 5.77. The maximum Gasteiger partial charge on any atom is 0.347 e. The van der Waals surface area contributed by atoms with Crippen molar-refractivity contribution in [3.05, 3.63) is 51.9 Å². The fourth-order valence-electron chi connectivity index (χ4n) is 3.53. The molecule has 5 nitrogen and oxygen atoms in total. The van der Waals surface area contributed by atoms with Gasteiger partial charge in [-0.15, -0.1) is 0 Å². The molecule has 30 heavy (non-hydrogen) atoms. The van der Waals surface area contributed by atoms with E-state index < -0.39 is 11.6 Å². The van der Waals surface area contributed by atoms with Crippen LogP contribution in [0.3, 0.4) is 0 Å². The van der Waals surface area contributed by atoms with Crippen LogP contribution in [0.25, 0.3) is 6.08 Å². The molecule has 0 saturated heterocycles. The molecule has 5 heteroatoms. The van der Waals surface area contributed by atoms with Gasteiger partial charge < -0.3 is 14.8 Å². The summed E-state index contributed by atoms with van der Waals surface area (Å²) in [7, 11) is 0. The second-order valence-corrected chi connectivity index (χ2v) is 8.60. The first-order valence-electron chi connectivity index (χ1n) is 10.4. The number of nitrogens with one attached hydrogen (secondary N) is 1. The van der Waals surface area contributed by atoms with Crippen LogP contribution in [-0.4, -0.2) is 28.4 Å². The Labute approximate surface area is 179 Å². The zero-order valence-corrected chi connectivity index (χ0v) is 19.2. The predicted octanol–water partition coefficient (Wildman–Crippen LogP) is 6.28. The number of nitrogens with zero attached hydrogens (tertiary/aromatic N) is 1. The van der Waals surface area contributed by atoms with Crippen LogP contribution in [0.4, 0.5) is 5.69 Å². The Morgan fingerprint density at radius 3 is 2.53 bits per heavy atom. The van der Waals surface area contributed by atoms with E-state index in [-0.39, 0.29) is 0 Å². The Kier molecular flexibility index (Phi) is 7.30. The summed E-state index contributed by atoms with van der Waals surface area (Å²) < 4.78 is 5.81. The standard InChI is InChI=1S/C25H34N2O3/c1-15(2)20-14-27-21(23(20)26-8)12-10-9-11-19-16(3)13-22(18(5)17(19)4)30-25(6,7)24(28)29/h10,12-15,27H,8-9,11H2,1-7H3,(H,28,29)/b12-10-. The number of carbonyl (C=O) groups is 1. The molecule has 0 spiro atoms. The van der Waals surface area contributed by atoms with E-state index in [1.165, 1.54) is 11.1 Å². The van der Waals surface area contributed by atoms with Crippen LogP contribution >= 0.6 is 0 Å². The molecule has 0 amide bonds. The van der Waals surface area contributed by atoms with Crippen molar-refractivity contribution in [1.29, 1.82) is 0 Å². The van der Waals surface area contributed by atoms with Gasteiger partial charge in [0, 0.05) is 6.20 Å².